The van der Waals surface area contributed by atoms with Crippen LogP contribution in [0.5, 0.6) is 0 Å². The molecular formula is C20H14N4O3S. The predicted molar refractivity (Wildman–Crippen MR) is 109 cm³/mol. The Bertz CT molecular complexity index is 1440. The first-order valence-electron chi connectivity index (χ1n) is 8.49. The standard InChI is InChI=1S/C20H14N4O3S/c25-28(26,27)20-18-7-5-16(23-18)10-14-3-1-12(21-14)9-13-2-4-15(22-13)11-17-6-8-19(20)24-17/h1-11,21,24H,(H,25,26,27). The minimum absolute atomic E-state index is 0.168. The minimum Gasteiger partial charge on any atom is -0.355 e. The lowest BCUT2D eigenvalue weighted by molar-refractivity contribution is 0.483. The average molecular weight is 390 g/mol. The Morgan fingerprint density at radius 1 is 0.714 bits per heavy atom. The third-order valence-corrected chi connectivity index (χ3v) is 5.37. The van der Waals surface area contributed by atoms with Gasteiger partial charge in [0.1, 0.15) is 4.90 Å². The number of H-pyrrole nitrogens is 2. The molecule has 0 saturated heterocycles. The maximum Gasteiger partial charge on any atom is 0.298 e. The van der Waals surface area contributed by atoms with E-state index in [1.54, 1.807) is 36.4 Å². The molecule has 0 amide bonds. The van der Waals surface area contributed by atoms with Crippen molar-refractivity contribution in [2.45, 2.75) is 4.90 Å². The monoisotopic (exact) mass is 390 g/mol. The highest BCUT2D eigenvalue weighted by Crippen LogP contribution is 2.24. The van der Waals surface area contributed by atoms with Crippen molar-refractivity contribution in [1.29, 1.82) is 0 Å². The largest absolute Gasteiger partial charge is 0.355 e. The second kappa shape index (κ2) is 6.01. The lowest BCUT2D eigenvalue weighted by atomic mass is 10.3. The van der Waals surface area contributed by atoms with E-state index in [0.717, 1.165) is 22.4 Å². The van der Waals surface area contributed by atoms with Gasteiger partial charge >= 0.3 is 0 Å². The zero-order chi connectivity index (χ0) is 19.3. The maximum atomic E-state index is 12.1. The van der Waals surface area contributed by atoms with Gasteiger partial charge in [-0.3, -0.25) is 4.55 Å². The predicted octanol–water partition coefficient (Wildman–Crippen LogP) is 3.90. The van der Waals surface area contributed by atoms with Crippen molar-refractivity contribution in [3.63, 3.8) is 0 Å². The minimum atomic E-state index is -4.50. The first-order chi connectivity index (χ1) is 13.4. The number of hydrogen-bond acceptors (Lipinski definition) is 4. The van der Waals surface area contributed by atoms with Crippen molar-refractivity contribution in [2.24, 2.45) is 0 Å². The molecule has 8 heteroatoms. The third kappa shape index (κ3) is 3.04. The summed E-state index contributed by atoms with van der Waals surface area (Å²) >= 11 is 0. The van der Waals surface area contributed by atoms with Crippen LogP contribution in [0.3, 0.4) is 0 Å². The molecule has 0 aromatic carbocycles. The van der Waals surface area contributed by atoms with E-state index in [2.05, 4.69) is 19.9 Å². The molecule has 2 aliphatic rings. The lowest BCUT2D eigenvalue weighted by Gasteiger charge is -1.98. The van der Waals surface area contributed by atoms with Gasteiger partial charge in [0.05, 0.1) is 28.3 Å². The Labute approximate surface area is 159 Å². The molecule has 0 saturated carbocycles. The maximum absolute atomic E-state index is 12.1. The van der Waals surface area contributed by atoms with Gasteiger partial charge in [-0.25, -0.2) is 9.97 Å². The van der Waals surface area contributed by atoms with Crippen LogP contribution in [-0.2, 0) is 10.1 Å². The third-order valence-electron chi connectivity index (χ3n) is 4.43. The molecule has 5 rings (SSSR count). The van der Waals surface area contributed by atoms with E-state index in [-0.39, 0.29) is 16.1 Å². The molecule has 28 heavy (non-hydrogen) atoms. The number of aromatic amines is 2. The first-order valence-corrected chi connectivity index (χ1v) is 9.93. The second-order valence-corrected chi connectivity index (χ2v) is 7.84. The Balaban J connectivity index is 1.93. The number of aromatic nitrogens is 4. The van der Waals surface area contributed by atoms with E-state index >= 15 is 0 Å². The molecule has 0 aliphatic carbocycles. The molecule has 5 heterocycles. The van der Waals surface area contributed by atoms with Gasteiger partial charge in [0, 0.05) is 16.6 Å². The van der Waals surface area contributed by atoms with E-state index < -0.39 is 10.1 Å². The summed E-state index contributed by atoms with van der Waals surface area (Å²) in [7, 11) is -4.50. The van der Waals surface area contributed by atoms with Crippen molar-refractivity contribution >= 4 is 56.5 Å². The van der Waals surface area contributed by atoms with Gasteiger partial charge in [-0.2, -0.15) is 8.42 Å². The smallest absolute Gasteiger partial charge is 0.298 e. The number of nitrogens with one attached hydrogen (secondary N) is 2. The van der Waals surface area contributed by atoms with Crippen LogP contribution in [0.2, 0.25) is 0 Å². The van der Waals surface area contributed by atoms with Crippen LogP contribution in [0.25, 0.3) is 46.4 Å². The van der Waals surface area contributed by atoms with Crippen LogP contribution in [0.1, 0.15) is 22.8 Å². The van der Waals surface area contributed by atoms with Crippen molar-refractivity contribution in [2.75, 3.05) is 0 Å². The highest BCUT2D eigenvalue weighted by molar-refractivity contribution is 7.86. The number of hydrogen-bond donors (Lipinski definition) is 3. The summed E-state index contributed by atoms with van der Waals surface area (Å²) in [5.41, 5.74) is 4.90. The quantitative estimate of drug-likeness (QED) is 0.376. The van der Waals surface area contributed by atoms with Gasteiger partial charge in [-0.05, 0) is 66.8 Å². The SMILES string of the molecule is O=S(=O)(O)c1c2nc(cc3ccc(cc4nc(cc5ccc1[nH]5)C=C4)[nH]3)C=C2. The highest BCUT2D eigenvalue weighted by Gasteiger charge is 2.19. The van der Waals surface area contributed by atoms with Gasteiger partial charge in [-0.15, -0.1) is 0 Å². The Morgan fingerprint density at radius 2 is 1.25 bits per heavy atom. The van der Waals surface area contributed by atoms with Gasteiger partial charge in [0.2, 0.25) is 0 Å². The van der Waals surface area contributed by atoms with E-state index in [4.69, 9.17) is 0 Å². The fourth-order valence-electron chi connectivity index (χ4n) is 3.25. The van der Waals surface area contributed by atoms with Crippen molar-refractivity contribution < 1.29 is 13.0 Å². The molecule has 0 radical (unpaired) electrons. The fraction of sp³-hybridized carbons (Fsp3) is 0. The first kappa shape index (κ1) is 16.7. The molecular weight excluding hydrogens is 376 g/mol. The van der Waals surface area contributed by atoms with Crippen LogP contribution < -0.4 is 0 Å². The molecule has 0 spiro atoms. The van der Waals surface area contributed by atoms with Crippen LogP contribution >= 0.6 is 0 Å². The van der Waals surface area contributed by atoms with E-state index in [9.17, 15) is 13.0 Å². The van der Waals surface area contributed by atoms with Crippen LogP contribution in [-0.4, -0.2) is 32.9 Å². The van der Waals surface area contributed by atoms with Gasteiger partial charge in [0.25, 0.3) is 10.1 Å². The molecule has 0 unspecified atom stereocenters. The molecule has 138 valence electrons. The van der Waals surface area contributed by atoms with E-state index in [1.807, 2.05) is 30.4 Å². The van der Waals surface area contributed by atoms with Gasteiger partial charge in [0.15, 0.2) is 0 Å². The Kier molecular flexibility index (Phi) is 3.58. The molecule has 3 aromatic rings. The number of fused-ring (bicyclic) bond motifs is 8. The van der Waals surface area contributed by atoms with E-state index in [0.29, 0.717) is 11.2 Å². The summed E-state index contributed by atoms with van der Waals surface area (Å²) in [5.74, 6) is 0. The van der Waals surface area contributed by atoms with E-state index in [1.165, 1.54) is 0 Å². The number of rotatable bonds is 1. The normalized spacial score (nSPS) is 13.2. The van der Waals surface area contributed by atoms with Crippen LogP contribution in [0, 0.1) is 0 Å². The molecule has 3 aromatic heterocycles. The molecule has 3 N–H and O–H groups in total. The molecule has 2 aliphatic heterocycles. The lowest BCUT2D eigenvalue weighted by Crippen LogP contribution is -2.01. The van der Waals surface area contributed by atoms with Crippen molar-refractivity contribution in [3.05, 3.63) is 65.2 Å². The molecule has 8 bridgehead atoms. The fourth-order valence-corrected chi connectivity index (χ4v) is 4.03. The summed E-state index contributed by atoms with van der Waals surface area (Å²) in [4.78, 5) is 14.9. The Hall–Kier alpha value is -3.49. The molecule has 7 nitrogen and oxygen atoms in total. The summed E-state index contributed by atoms with van der Waals surface area (Å²) in [5, 5.41) is 0. The molecule has 0 fully saturated rings. The number of nitrogens with zero attached hydrogens (tertiary/aromatic N) is 2. The van der Waals surface area contributed by atoms with Gasteiger partial charge < -0.3 is 9.97 Å². The summed E-state index contributed by atoms with van der Waals surface area (Å²) in [6, 6.07) is 12.7. The highest BCUT2D eigenvalue weighted by atomic mass is 32.2. The van der Waals surface area contributed by atoms with Crippen molar-refractivity contribution in [1.82, 2.24) is 19.9 Å². The molecule has 0 atom stereocenters. The van der Waals surface area contributed by atoms with Crippen LogP contribution in [0.15, 0.2) is 47.4 Å². The van der Waals surface area contributed by atoms with Crippen LogP contribution in [0.4, 0.5) is 0 Å². The topological polar surface area (TPSA) is 112 Å². The summed E-state index contributed by atoms with van der Waals surface area (Å²) < 4.78 is 33.9. The second-order valence-electron chi connectivity index (χ2n) is 6.48. The van der Waals surface area contributed by atoms with Crippen molar-refractivity contribution in [3.8, 4) is 0 Å². The summed E-state index contributed by atoms with van der Waals surface area (Å²) in [6.45, 7) is 0. The Morgan fingerprint density at radius 3 is 1.89 bits per heavy atom. The zero-order valence-electron chi connectivity index (χ0n) is 14.4. The van der Waals surface area contributed by atoms with Gasteiger partial charge in [-0.1, -0.05) is 0 Å². The summed E-state index contributed by atoms with van der Waals surface area (Å²) in [6.07, 6.45) is 7.04. The average Bonchev–Trinajstić information content (AvgIpc) is 3.38. The zero-order valence-corrected chi connectivity index (χ0v) is 15.2.